The molecule has 5 heteroatoms. The van der Waals surface area contributed by atoms with E-state index >= 15 is 0 Å². The first-order valence-corrected chi connectivity index (χ1v) is 5.65. The van der Waals surface area contributed by atoms with Crippen molar-refractivity contribution >= 4 is 28.7 Å². The first kappa shape index (κ1) is 10.4. The SMILES string of the molecule is Cn1cc(C(=O)Cc2csc(Cl)c2)cn1. The third-order valence-corrected chi connectivity index (χ3v) is 3.15. The van der Waals surface area contributed by atoms with Gasteiger partial charge in [0, 0.05) is 19.7 Å². The van der Waals surface area contributed by atoms with Crippen molar-refractivity contribution < 1.29 is 4.79 Å². The molecule has 0 amide bonds. The number of aryl methyl sites for hydroxylation is 1. The Kier molecular flexibility index (Phi) is 2.88. The lowest BCUT2D eigenvalue weighted by Crippen LogP contribution is -2.01. The molecule has 0 fully saturated rings. The van der Waals surface area contributed by atoms with Gasteiger partial charge in [0.05, 0.1) is 16.1 Å². The topological polar surface area (TPSA) is 34.9 Å². The molecule has 0 saturated carbocycles. The maximum atomic E-state index is 11.7. The van der Waals surface area contributed by atoms with Gasteiger partial charge >= 0.3 is 0 Å². The van der Waals surface area contributed by atoms with Gasteiger partial charge in [-0.05, 0) is 17.0 Å². The summed E-state index contributed by atoms with van der Waals surface area (Å²) >= 11 is 7.22. The average molecular weight is 241 g/mol. The standard InChI is InChI=1S/C10H9ClN2OS/c1-13-5-8(4-12-13)9(14)2-7-3-10(11)15-6-7/h3-6H,2H2,1H3. The Balaban J connectivity index is 2.10. The van der Waals surface area contributed by atoms with E-state index in [1.165, 1.54) is 11.3 Å². The Labute approximate surface area is 96.3 Å². The van der Waals surface area contributed by atoms with Crippen LogP contribution in [0.1, 0.15) is 15.9 Å². The second-order valence-corrected chi connectivity index (χ2v) is 4.80. The highest BCUT2D eigenvalue weighted by molar-refractivity contribution is 7.14. The molecule has 0 bridgehead atoms. The molecule has 2 heterocycles. The van der Waals surface area contributed by atoms with E-state index in [1.54, 1.807) is 24.1 Å². The van der Waals surface area contributed by atoms with E-state index in [0.29, 0.717) is 16.3 Å². The molecule has 0 aliphatic carbocycles. The minimum Gasteiger partial charge on any atom is -0.294 e. The molecule has 0 atom stereocenters. The molecule has 0 radical (unpaired) electrons. The highest BCUT2D eigenvalue weighted by Crippen LogP contribution is 2.21. The number of carbonyl (C=O) groups is 1. The molecule has 0 aromatic carbocycles. The molecule has 3 nitrogen and oxygen atoms in total. The molecule has 0 aliphatic heterocycles. The number of carbonyl (C=O) groups excluding carboxylic acids is 1. The summed E-state index contributed by atoms with van der Waals surface area (Å²) in [5.74, 6) is 0.0672. The van der Waals surface area contributed by atoms with Crippen molar-refractivity contribution in [3.05, 3.63) is 39.3 Å². The van der Waals surface area contributed by atoms with Crippen LogP contribution < -0.4 is 0 Å². The molecule has 0 N–H and O–H groups in total. The second-order valence-electron chi connectivity index (χ2n) is 3.26. The fourth-order valence-electron chi connectivity index (χ4n) is 1.29. The fourth-order valence-corrected chi connectivity index (χ4v) is 2.20. The summed E-state index contributed by atoms with van der Waals surface area (Å²) < 4.78 is 2.33. The van der Waals surface area contributed by atoms with Gasteiger partial charge in [-0.1, -0.05) is 11.6 Å². The van der Waals surface area contributed by atoms with Crippen molar-refractivity contribution in [3.8, 4) is 0 Å². The highest BCUT2D eigenvalue weighted by atomic mass is 35.5. The van der Waals surface area contributed by atoms with Gasteiger partial charge in [0.1, 0.15) is 0 Å². The van der Waals surface area contributed by atoms with Crippen molar-refractivity contribution in [3.63, 3.8) is 0 Å². The van der Waals surface area contributed by atoms with E-state index in [1.807, 2.05) is 11.4 Å². The molecule has 78 valence electrons. The normalized spacial score (nSPS) is 10.5. The van der Waals surface area contributed by atoms with Gasteiger partial charge in [0.2, 0.25) is 0 Å². The predicted octanol–water partition coefficient (Wildman–Crippen LogP) is 2.56. The number of halogens is 1. The van der Waals surface area contributed by atoms with Gasteiger partial charge in [-0.3, -0.25) is 9.48 Å². The largest absolute Gasteiger partial charge is 0.294 e. The third kappa shape index (κ3) is 2.46. The lowest BCUT2D eigenvalue weighted by molar-refractivity contribution is 0.0993. The van der Waals surface area contributed by atoms with Crippen LogP contribution in [0.4, 0.5) is 0 Å². The molecule has 0 aliphatic rings. The highest BCUT2D eigenvalue weighted by Gasteiger charge is 2.09. The van der Waals surface area contributed by atoms with Crippen LogP contribution in [0.3, 0.4) is 0 Å². The molecule has 15 heavy (non-hydrogen) atoms. The average Bonchev–Trinajstić information content (AvgIpc) is 2.75. The van der Waals surface area contributed by atoms with Crippen molar-refractivity contribution in [2.24, 2.45) is 7.05 Å². The third-order valence-electron chi connectivity index (χ3n) is 2.01. The number of hydrogen-bond acceptors (Lipinski definition) is 3. The number of aromatic nitrogens is 2. The summed E-state index contributed by atoms with van der Waals surface area (Å²) in [6.45, 7) is 0. The zero-order valence-corrected chi connectivity index (χ0v) is 9.68. The maximum Gasteiger partial charge on any atom is 0.170 e. The second kappa shape index (κ2) is 4.16. The van der Waals surface area contributed by atoms with E-state index in [-0.39, 0.29) is 5.78 Å². The van der Waals surface area contributed by atoms with Crippen LogP contribution in [0, 0.1) is 0 Å². The van der Waals surface area contributed by atoms with Crippen LogP contribution in [0.15, 0.2) is 23.8 Å². The summed E-state index contributed by atoms with van der Waals surface area (Å²) in [6.07, 6.45) is 3.68. The van der Waals surface area contributed by atoms with Gasteiger partial charge in [0.25, 0.3) is 0 Å². The monoisotopic (exact) mass is 240 g/mol. The lowest BCUT2D eigenvalue weighted by atomic mass is 10.1. The first-order valence-electron chi connectivity index (χ1n) is 4.40. The minimum atomic E-state index is 0.0672. The number of nitrogens with zero attached hydrogens (tertiary/aromatic N) is 2. The first-order chi connectivity index (χ1) is 7.15. The Morgan fingerprint density at radius 1 is 1.67 bits per heavy atom. The van der Waals surface area contributed by atoms with Gasteiger partial charge in [0.15, 0.2) is 5.78 Å². The van der Waals surface area contributed by atoms with Crippen LogP contribution in [-0.4, -0.2) is 15.6 Å². The summed E-state index contributed by atoms with van der Waals surface area (Å²) in [7, 11) is 1.79. The van der Waals surface area contributed by atoms with Gasteiger partial charge < -0.3 is 0 Å². The smallest absolute Gasteiger partial charge is 0.170 e. The van der Waals surface area contributed by atoms with E-state index in [0.717, 1.165) is 5.56 Å². The zero-order chi connectivity index (χ0) is 10.8. The molecule has 0 unspecified atom stereocenters. The number of Topliss-reactive ketones (excluding diaryl/α,β-unsaturated/α-hetero) is 1. The Morgan fingerprint density at radius 3 is 3.00 bits per heavy atom. The molecular formula is C10H9ClN2OS. The Morgan fingerprint density at radius 2 is 2.47 bits per heavy atom. The van der Waals surface area contributed by atoms with Gasteiger partial charge in [-0.25, -0.2) is 0 Å². The van der Waals surface area contributed by atoms with Crippen LogP contribution in [0.5, 0.6) is 0 Å². The maximum absolute atomic E-state index is 11.7. The number of ketones is 1. The van der Waals surface area contributed by atoms with Crippen molar-refractivity contribution in [1.29, 1.82) is 0 Å². The number of rotatable bonds is 3. The molecule has 2 aromatic rings. The summed E-state index contributed by atoms with van der Waals surface area (Å²) in [5, 5.41) is 5.86. The van der Waals surface area contributed by atoms with E-state index in [9.17, 15) is 4.79 Å². The van der Waals surface area contributed by atoms with E-state index < -0.39 is 0 Å². The van der Waals surface area contributed by atoms with Crippen molar-refractivity contribution in [2.45, 2.75) is 6.42 Å². The van der Waals surface area contributed by atoms with Crippen LogP contribution in [0.25, 0.3) is 0 Å². The molecule has 0 spiro atoms. The Hall–Kier alpha value is -1.13. The summed E-state index contributed by atoms with van der Waals surface area (Å²) in [5.41, 5.74) is 1.60. The van der Waals surface area contributed by atoms with Crippen LogP contribution >= 0.6 is 22.9 Å². The zero-order valence-electron chi connectivity index (χ0n) is 8.11. The van der Waals surface area contributed by atoms with E-state index in [4.69, 9.17) is 11.6 Å². The van der Waals surface area contributed by atoms with Crippen LogP contribution in [0.2, 0.25) is 4.34 Å². The predicted molar refractivity (Wildman–Crippen MR) is 60.6 cm³/mol. The lowest BCUT2D eigenvalue weighted by Gasteiger charge is -1.93. The quantitative estimate of drug-likeness (QED) is 0.773. The van der Waals surface area contributed by atoms with Gasteiger partial charge in [-0.15, -0.1) is 11.3 Å². The fraction of sp³-hybridized carbons (Fsp3) is 0.200. The van der Waals surface area contributed by atoms with Crippen LogP contribution in [-0.2, 0) is 13.5 Å². The van der Waals surface area contributed by atoms with Crippen molar-refractivity contribution in [2.75, 3.05) is 0 Å². The number of hydrogen-bond donors (Lipinski definition) is 0. The molecule has 2 aromatic heterocycles. The Bertz CT molecular complexity index is 489. The molecule has 2 rings (SSSR count). The van der Waals surface area contributed by atoms with Crippen molar-refractivity contribution in [1.82, 2.24) is 9.78 Å². The molecular weight excluding hydrogens is 232 g/mol. The minimum absolute atomic E-state index is 0.0672. The number of thiophene rings is 1. The van der Waals surface area contributed by atoms with E-state index in [2.05, 4.69) is 5.10 Å². The summed E-state index contributed by atoms with van der Waals surface area (Å²) in [6, 6.07) is 1.82. The summed E-state index contributed by atoms with van der Waals surface area (Å²) in [4.78, 5) is 11.7. The van der Waals surface area contributed by atoms with Gasteiger partial charge in [-0.2, -0.15) is 5.10 Å². The molecule has 0 saturated heterocycles.